The Morgan fingerprint density at radius 3 is 2.84 bits per heavy atom. The first-order valence-electron chi connectivity index (χ1n) is 7.03. The predicted octanol–water partition coefficient (Wildman–Crippen LogP) is 2.55. The average Bonchev–Trinajstić information content (AvgIpc) is 3.06. The molecule has 0 aliphatic heterocycles. The molecule has 3 rings (SSSR count). The molecule has 0 spiro atoms. The summed E-state index contributed by atoms with van der Waals surface area (Å²) in [6, 6.07) is 10.7. The van der Waals surface area contributed by atoms with Crippen molar-refractivity contribution in [1.82, 2.24) is 20.3 Å². The third-order valence-electron chi connectivity index (χ3n) is 3.93. The van der Waals surface area contributed by atoms with Gasteiger partial charge in [-0.05, 0) is 30.9 Å². The molecule has 1 fully saturated rings. The molecule has 2 atom stereocenters. The second-order valence-corrected chi connectivity index (χ2v) is 5.36. The summed E-state index contributed by atoms with van der Waals surface area (Å²) in [6.45, 7) is 3.13. The first kappa shape index (κ1) is 12.4. The maximum atomic E-state index is 4.51. The van der Waals surface area contributed by atoms with E-state index in [1.54, 1.807) is 4.80 Å². The van der Waals surface area contributed by atoms with E-state index in [1.165, 1.54) is 19.3 Å². The molecule has 0 bridgehead atoms. The molecule has 2 unspecified atom stereocenters. The van der Waals surface area contributed by atoms with Crippen molar-refractivity contribution in [3.05, 3.63) is 42.2 Å². The summed E-state index contributed by atoms with van der Waals surface area (Å²) < 4.78 is 0. The molecule has 0 radical (unpaired) electrons. The summed E-state index contributed by atoms with van der Waals surface area (Å²) in [7, 11) is 0. The van der Waals surface area contributed by atoms with Crippen LogP contribution in [-0.4, -0.2) is 21.0 Å². The molecule has 0 amide bonds. The molecule has 4 nitrogen and oxygen atoms in total. The van der Waals surface area contributed by atoms with E-state index < -0.39 is 0 Å². The van der Waals surface area contributed by atoms with E-state index in [0.717, 1.165) is 23.8 Å². The van der Waals surface area contributed by atoms with E-state index in [1.807, 2.05) is 36.5 Å². The van der Waals surface area contributed by atoms with Crippen LogP contribution in [0.3, 0.4) is 0 Å². The largest absolute Gasteiger partial charge is 0.308 e. The van der Waals surface area contributed by atoms with Gasteiger partial charge < -0.3 is 5.32 Å². The Bertz CT molecular complexity index is 520. The van der Waals surface area contributed by atoms with Gasteiger partial charge in [-0.1, -0.05) is 31.5 Å². The Morgan fingerprint density at radius 1 is 1.26 bits per heavy atom. The zero-order chi connectivity index (χ0) is 13.1. The van der Waals surface area contributed by atoms with Crippen molar-refractivity contribution in [3.8, 4) is 5.69 Å². The van der Waals surface area contributed by atoms with Gasteiger partial charge in [0.15, 0.2) is 0 Å². The molecule has 1 aromatic carbocycles. The van der Waals surface area contributed by atoms with E-state index >= 15 is 0 Å². The minimum atomic E-state index is 0.641. The first-order chi connectivity index (χ1) is 9.33. The zero-order valence-corrected chi connectivity index (χ0v) is 11.3. The second kappa shape index (κ2) is 5.53. The third-order valence-corrected chi connectivity index (χ3v) is 3.93. The van der Waals surface area contributed by atoms with Crippen molar-refractivity contribution in [2.45, 2.75) is 38.8 Å². The summed E-state index contributed by atoms with van der Waals surface area (Å²) in [4.78, 5) is 1.69. The van der Waals surface area contributed by atoms with E-state index in [9.17, 15) is 0 Å². The van der Waals surface area contributed by atoms with Gasteiger partial charge in [0.25, 0.3) is 0 Å². The number of aromatic nitrogens is 3. The monoisotopic (exact) mass is 256 g/mol. The van der Waals surface area contributed by atoms with Crippen LogP contribution in [0.5, 0.6) is 0 Å². The maximum absolute atomic E-state index is 4.51. The fourth-order valence-corrected chi connectivity index (χ4v) is 2.75. The number of nitrogens with one attached hydrogen (secondary N) is 1. The third kappa shape index (κ3) is 2.84. The minimum absolute atomic E-state index is 0.641. The molecular weight excluding hydrogens is 236 g/mol. The topological polar surface area (TPSA) is 42.7 Å². The Labute approximate surface area is 113 Å². The van der Waals surface area contributed by atoms with Crippen LogP contribution >= 0.6 is 0 Å². The van der Waals surface area contributed by atoms with Gasteiger partial charge in [-0.25, -0.2) is 0 Å². The Balaban J connectivity index is 1.62. The number of hydrogen-bond acceptors (Lipinski definition) is 3. The Morgan fingerprint density at radius 2 is 2.11 bits per heavy atom. The maximum Gasteiger partial charge on any atom is 0.0969 e. The van der Waals surface area contributed by atoms with Crippen molar-refractivity contribution < 1.29 is 0 Å². The molecule has 100 valence electrons. The summed E-state index contributed by atoms with van der Waals surface area (Å²) >= 11 is 0. The average molecular weight is 256 g/mol. The van der Waals surface area contributed by atoms with Crippen LogP contribution in [0.1, 0.15) is 31.9 Å². The lowest BCUT2D eigenvalue weighted by atomic mass is 10.1. The molecule has 1 N–H and O–H groups in total. The molecule has 1 saturated carbocycles. The van der Waals surface area contributed by atoms with E-state index in [-0.39, 0.29) is 0 Å². The summed E-state index contributed by atoms with van der Waals surface area (Å²) in [5.41, 5.74) is 2.01. The van der Waals surface area contributed by atoms with Crippen LogP contribution in [0.15, 0.2) is 36.5 Å². The molecule has 0 saturated heterocycles. The zero-order valence-electron chi connectivity index (χ0n) is 11.3. The van der Waals surface area contributed by atoms with Gasteiger partial charge in [-0.15, -0.1) is 0 Å². The number of hydrogen-bond donors (Lipinski definition) is 1. The van der Waals surface area contributed by atoms with Gasteiger partial charge in [0.2, 0.25) is 0 Å². The molecule has 1 aliphatic carbocycles. The number of rotatable bonds is 4. The standard InChI is InChI=1S/C15H20N4/c1-12-6-5-9-15(12)16-10-13-11-17-19(18-13)14-7-3-2-4-8-14/h2-4,7-8,11-12,15-16H,5-6,9-10H2,1H3. The van der Waals surface area contributed by atoms with Crippen molar-refractivity contribution in [2.75, 3.05) is 0 Å². The highest BCUT2D eigenvalue weighted by atomic mass is 15.5. The van der Waals surface area contributed by atoms with Gasteiger partial charge in [0.05, 0.1) is 17.6 Å². The highest BCUT2D eigenvalue weighted by Crippen LogP contribution is 2.24. The molecule has 1 aliphatic rings. The molecule has 1 aromatic heterocycles. The summed E-state index contributed by atoms with van der Waals surface area (Å²) in [5, 5.41) is 12.4. The van der Waals surface area contributed by atoms with Gasteiger partial charge in [0.1, 0.15) is 0 Å². The fraction of sp³-hybridized carbons (Fsp3) is 0.467. The van der Waals surface area contributed by atoms with E-state index in [4.69, 9.17) is 0 Å². The SMILES string of the molecule is CC1CCCC1NCc1cnn(-c2ccccc2)n1. The highest BCUT2D eigenvalue weighted by Gasteiger charge is 2.22. The van der Waals surface area contributed by atoms with Gasteiger partial charge in [-0.3, -0.25) is 0 Å². The van der Waals surface area contributed by atoms with Gasteiger partial charge in [0, 0.05) is 12.6 Å². The Hall–Kier alpha value is -1.68. The van der Waals surface area contributed by atoms with Crippen LogP contribution < -0.4 is 5.32 Å². The minimum Gasteiger partial charge on any atom is -0.308 e. The summed E-state index contributed by atoms with van der Waals surface area (Å²) in [6.07, 6.45) is 5.82. The van der Waals surface area contributed by atoms with Crippen LogP contribution in [-0.2, 0) is 6.54 Å². The molecule has 2 aromatic rings. The van der Waals surface area contributed by atoms with Crippen molar-refractivity contribution in [2.24, 2.45) is 5.92 Å². The first-order valence-corrected chi connectivity index (χ1v) is 7.03. The lowest BCUT2D eigenvalue weighted by Gasteiger charge is -2.15. The van der Waals surface area contributed by atoms with Crippen LogP contribution in [0.2, 0.25) is 0 Å². The quantitative estimate of drug-likeness (QED) is 0.914. The Kier molecular flexibility index (Phi) is 3.60. The van der Waals surface area contributed by atoms with Crippen LogP contribution in [0.25, 0.3) is 5.69 Å². The second-order valence-electron chi connectivity index (χ2n) is 5.36. The molecule has 1 heterocycles. The normalized spacial score (nSPS) is 22.8. The van der Waals surface area contributed by atoms with E-state index in [0.29, 0.717) is 6.04 Å². The van der Waals surface area contributed by atoms with Crippen molar-refractivity contribution in [1.29, 1.82) is 0 Å². The van der Waals surface area contributed by atoms with Crippen LogP contribution in [0, 0.1) is 5.92 Å². The number of nitrogens with zero attached hydrogens (tertiary/aromatic N) is 3. The van der Waals surface area contributed by atoms with Gasteiger partial charge in [-0.2, -0.15) is 15.0 Å². The molecule has 4 heteroatoms. The fourth-order valence-electron chi connectivity index (χ4n) is 2.75. The lowest BCUT2D eigenvalue weighted by molar-refractivity contribution is 0.423. The number of para-hydroxylation sites is 1. The molecule has 19 heavy (non-hydrogen) atoms. The highest BCUT2D eigenvalue weighted by molar-refractivity contribution is 5.28. The van der Waals surface area contributed by atoms with Crippen molar-refractivity contribution >= 4 is 0 Å². The lowest BCUT2D eigenvalue weighted by Crippen LogP contribution is -2.30. The summed E-state index contributed by atoms with van der Waals surface area (Å²) in [5.74, 6) is 0.782. The van der Waals surface area contributed by atoms with Crippen molar-refractivity contribution in [3.63, 3.8) is 0 Å². The van der Waals surface area contributed by atoms with Crippen LogP contribution in [0.4, 0.5) is 0 Å². The predicted molar refractivity (Wildman–Crippen MR) is 75.0 cm³/mol. The van der Waals surface area contributed by atoms with E-state index in [2.05, 4.69) is 22.4 Å². The smallest absolute Gasteiger partial charge is 0.0969 e. The molecular formula is C15H20N4. The number of benzene rings is 1. The van der Waals surface area contributed by atoms with Gasteiger partial charge >= 0.3 is 0 Å².